The summed E-state index contributed by atoms with van der Waals surface area (Å²) in [6, 6.07) is 9.64. The number of nitrogens with one attached hydrogen (secondary N) is 2. The van der Waals surface area contributed by atoms with Crippen LogP contribution in [0, 0.1) is 0 Å². The Balaban J connectivity index is 0.000000704. The van der Waals surface area contributed by atoms with E-state index in [1.807, 2.05) is 44.2 Å². The molecule has 1 saturated heterocycles. The Kier molecular flexibility index (Phi) is 5.20. The van der Waals surface area contributed by atoms with E-state index in [0.29, 0.717) is 11.0 Å². The highest BCUT2D eigenvalue weighted by molar-refractivity contribution is 7.10. The number of anilines is 1. The van der Waals surface area contributed by atoms with Gasteiger partial charge in [-0.3, -0.25) is 10.1 Å². The van der Waals surface area contributed by atoms with Crippen molar-refractivity contribution in [2.75, 3.05) is 11.9 Å². The van der Waals surface area contributed by atoms with Crippen LogP contribution in [0.5, 0.6) is 0 Å². The molecular formula is C14H18N4OS. The molecule has 0 radical (unpaired) electrons. The molecule has 0 saturated carbocycles. The molecule has 5 nitrogen and oxygen atoms in total. The number of benzene rings is 1. The SMILES string of the molecule is CC.O=C(Nc1nc(-c2ccccc2)ns1)C1CCN1. The van der Waals surface area contributed by atoms with Crippen molar-refractivity contribution < 1.29 is 4.79 Å². The summed E-state index contributed by atoms with van der Waals surface area (Å²) in [6.45, 7) is 4.91. The minimum absolute atomic E-state index is 0.0305. The summed E-state index contributed by atoms with van der Waals surface area (Å²) in [5, 5.41) is 6.37. The van der Waals surface area contributed by atoms with Gasteiger partial charge in [0.25, 0.3) is 0 Å². The molecule has 1 aliphatic rings. The van der Waals surface area contributed by atoms with Crippen LogP contribution >= 0.6 is 11.5 Å². The molecule has 0 spiro atoms. The fourth-order valence-electron chi connectivity index (χ4n) is 1.68. The van der Waals surface area contributed by atoms with E-state index in [2.05, 4.69) is 20.0 Å². The van der Waals surface area contributed by atoms with Crippen LogP contribution in [0.15, 0.2) is 30.3 Å². The first-order valence-electron chi connectivity index (χ1n) is 6.76. The van der Waals surface area contributed by atoms with E-state index in [1.165, 1.54) is 11.5 Å². The summed E-state index contributed by atoms with van der Waals surface area (Å²) in [7, 11) is 0. The normalized spacial score (nSPS) is 16.6. The molecule has 20 heavy (non-hydrogen) atoms. The first-order valence-corrected chi connectivity index (χ1v) is 7.53. The van der Waals surface area contributed by atoms with Crippen LogP contribution < -0.4 is 10.6 Å². The van der Waals surface area contributed by atoms with Crippen molar-refractivity contribution in [1.29, 1.82) is 0 Å². The molecular weight excluding hydrogens is 272 g/mol. The molecule has 3 rings (SSSR count). The van der Waals surface area contributed by atoms with E-state index in [-0.39, 0.29) is 11.9 Å². The zero-order valence-electron chi connectivity index (χ0n) is 11.6. The number of carbonyl (C=O) groups is 1. The molecule has 1 aromatic carbocycles. The number of carbonyl (C=O) groups excluding carboxylic acids is 1. The van der Waals surface area contributed by atoms with Gasteiger partial charge in [-0.2, -0.15) is 9.36 Å². The van der Waals surface area contributed by atoms with Gasteiger partial charge in [0, 0.05) is 17.1 Å². The number of amides is 1. The van der Waals surface area contributed by atoms with E-state index in [9.17, 15) is 4.79 Å². The van der Waals surface area contributed by atoms with Crippen molar-refractivity contribution in [2.45, 2.75) is 26.3 Å². The third-order valence-corrected chi connectivity index (χ3v) is 3.46. The summed E-state index contributed by atoms with van der Waals surface area (Å²) in [5.74, 6) is 0.620. The Hall–Kier alpha value is -1.79. The molecule has 1 aliphatic heterocycles. The molecule has 0 bridgehead atoms. The van der Waals surface area contributed by atoms with Gasteiger partial charge in [0.2, 0.25) is 11.0 Å². The van der Waals surface area contributed by atoms with Crippen LogP contribution in [-0.2, 0) is 4.79 Å². The largest absolute Gasteiger partial charge is 0.306 e. The van der Waals surface area contributed by atoms with Gasteiger partial charge in [0.15, 0.2) is 5.82 Å². The number of aromatic nitrogens is 2. The van der Waals surface area contributed by atoms with E-state index in [1.54, 1.807) is 0 Å². The molecule has 6 heteroatoms. The number of hydrogen-bond donors (Lipinski definition) is 2. The second-order valence-corrected chi connectivity index (χ2v) is 4.83. The van der Waals surface area contributed by atoms with Gasteiger partial charge < -0.3 is 5.32 Å². The fraction of sp³-hybridized carbons (Fsp3) is 0.357. The van der Waals surface area contributed by atoms with Gasteiger partial charge in [-0.1, -0.05) is 44.2 Å². The molecule has 1 amide bonds. The summed E-state index contributed by atoms with van der Waals surface area (Å²) < 4.78 is 4.24. The van der Waals surface area contributed by atoms with Crippen LogP contribution in [0.25, 0.3) is 11.4 Å². The third-order valence-electron chi connectivity index (χ3n) is 2.83. The van der Waals surface area contributed by atoms with Gasteiger partial charge in [0.1, 0.15) is 0 Å². The van der Waals surface area contributed by atoms with E-state index < -0.39 is 0 Å². The Morgan fingerprint density at radius 1 is 1.35 bits per heavy atom. The summed E-state index contributed by atoms with van der Waals surface area (Å²) in [6.07, 6.45) is 0.885. The molecule has 106 valence electrons. The molecule has 1 unspecified atom stereocenters. The maximum absolute atomic E-state index is 11.7. The smallest absolute Gasteiger partial charge is 0.243 e. The van der Waals surface area contributed by atoms with Crippen molar-refractivity contribution >= 4 is 22.6 Å². The van der Waals surface area contributed by atoms with E-state index >= 15 is 0 Å². The van der Waals surface area contributed by atoms with E-state index in [0.717, 1.165) is 18.5 Å². The first kappa shape index (κ1) is 14.6. The lowest BCUT2D eigenvalue weighted by Gasteiger charge is -2.25. The van der Waals surface area contributed by atoms with Crippen LogP contribution in [-0.4, -0.2) is 27.9 Å². The lowest BCUT2D eigenvalue weighted by molar-refractivity contribution is -0.119. The van der Waals surface area contributed by atoms with Crippen LogP contribution in [0.2, 0.25) is 0 Å². The number of nitrogens with zero attached hydrogens (tertiary/aromatic N) is 2. The first-order chi connectivity index (χ1) is 9.83. The van der Waals surface area contributed by atoms with Crippen LogP contribution in [0.1, 0.15) is 20.3 Å². The minimum Gasteiger partial charge on any atom is -0.306 e. The lowest BCUT2D eigenvalue weighted by Crippen LogP contribution is -2.50. The zero-order valence-corrected chi connectivity index (χ0v) is 12.4. The molecule has 1 atom stereocenters. The predicted octanol–water partition coefficient (Wildman–Crippen LogP) is 2.53. The predicted molar refractivity (Wildman–Crippen MR) is 81.7 cm³/mol. The highest BCUT2D eigenvalue weighted by Crippen LogP contribution is 2.21. The maximum atomic E-state index is 11.7. The van der Waals surface area contributed by atoms with Crippen LogP contribution in [0.3, 0.4) is 0 Å². The molecule has 2 heterocycles. The second-order valence-electron chi connectivity index (χ2n) is 4.07. The van der Waals surface area contributed by atoms with Crippen molar-refractivity contribution in [3.8, 4) is 11.4 Å². The molecule has 2 N–H and O–H groups in total. The average molecular weight is 290 g/mol. The number of rotatable bonds is 3. The van der Waals surface area contributed by atoms with Crippen molar-refractivity contribution in [2.24, 2.45) is 0 Å². The highest BCUT2D eigenvalue weighted by Gasteiger charge is 2.25. The van der Waals surface area contributed by atoms with Crippen molar-refractivity contribution in [3.63, 3.8) is 0 Å². The summed E-state index contributed by atoms with van der Waals surface area (Å²) >= 11 is 1.20. The highest BCUT2D eigenvalue weighted by atomic mass is 32.1. The zero-order chi connectivity index (χ0) is 14.4. The Morgan fingerprint density at radius 2 is 2.05 bits per heavy atom. The Morgan fingerprint density at radius 3 is 2.65 bits per heavy atom. The standard InChI is InChI=1S/C12H12N4OS.C2H6/c17-11(9-6-7-13-9)15-12-14-10(16-18-12)8-4-2-1-3-5-8;1-2/h1-5,9,13H,6-7H2,(H,14,15,16,17);1-2H3. The third kappa shape index (κ3) is 3.40. The second kappa shape index (κ2) is 7.12. The maximum Gasteiger partial charge on any atom is 0.243 e. The van der Waals surface area contributed by atoms with E-state index in [4.69, 9.17) is 0 Å². The van der Waals surface area contributed by atoms with Gasteiger partial charge >= 0.3 is 0 Å². The molecule has 0 aliphatic carbocycles. The summed E-state index contributed by atoms with van der Waals surface area (Å²) in [5.41, 5.74) is 0.955. The fourth-order valence-corrected chi connectivity index (χ4v) is 2.28. The number of hydrogen-bond acceptors (Lipinski definition) is 5. The van der Waals surface area contributed by atoms with Crippen molar-refractivity contribution in [3.05, 3.63) is 30.3 Å². The average Bonchev–Trinajstić information content (AvgIpc) is 2.88. The molecule has 2 aromatic rings. The van der Waals surface area contributed by atoms with Gasteiger partial charge in [-0.15, -0.1) is 0 Å². The lowest BCUT2D eigenvalue weighted by atomic mass is 10.1. The van der Waals surface area contributed by atoms with Crippen LogP contribution in [0.4, 0.5) is 5.13 Å². The molecule has 1 fully saturated rings. The monoisotopic (exact) mass is 290 g/mol. The van der Waals surface area contributed by atoms with Gasteiger partial charge in [-0.25, -0.2) is 0 Å². The minimum atomic E-state index is -0.0749. The molecule has 1 aromatic heterocycles. The Bertz CT molecular complexity index is 551. The van der Waals surface area contributed by atoms with Gasteiger partial charge in [0.05, 0.1) is 6.04 Å². The Labute approximate surface area is 122 Å². The van der Waals surface area contributed by atoms with Gasteiger partial charge in [-0.05, 0) is 13.0 Å². The quantitative estimate of drug-likeness (QED) is 0.911. The van der Waals surface area contributed by atoms with Crippen molar-refractivity contribution in [1.82, 2.24) is 14.7 Å². The summed E-state index contributed by atoms with van der Waals surface area (Å²) in [4.78, 5) is 16.0. The topological polar surface area (TPSA) is 66.9 Å².